The lowest BCUT2D eigenvalue weighted by Gasteiger charge is -2.10. The van der Waals surface area contributed by atoms with Crippen LogP contribution in [0.2, 0.25) is 0 Å². The van der Waals surface area contributed by atoms with Crippen molar-refractivity contribution in [1.82, 2.24) is 0 Å². The molecule has 1 rings (SSSR count). The molecule has 1 aromatic carbocycles. The van der Waals surface area contributed by atoms with Crippen LogP contribution in [0.5, 0.6) is 0 Å². The summed E-state index contributed by atoms with van der Waals surface area (Å²) in [6, 6.07) is 4.14. The molecule has 0 aliphatic rings. The van der Waals surface area contributed by atoms with Crippen LogP contribution < -0.4 is 11.5 Å². The number of rotatable bonds is 3. The number of amides is 1. The summed E-state index contributed by atoms with van der Waals surface area (Å²) in [7, 11) is 0. The average molecular weight is 196 g/mol. The molecule has 4 heteroatoms. The van der Waals surface area contributed by atoms with Gasteiger partial charge in [0.2, 0.25) is 5.91 Å². The highest BCUT2D eigenvalue weighted by Gasteiger charge is 2.10. The van der Waals surface area contributed by atoms with Crippen molar-refractivity contribution >= 4 is 5.91 Å². The molecule has 0 radical (unpaired) electrons. The molecular formula is C10H13FN2O. The van der Waals surface area contributed by atoms with Gasteiger partial charge in [-0.15, -0.1) is 0 Å². The number of aryl methyl sites for hydroxylation is 1. The Labute approximate surface area is 81.9 Å². The lowest BCUT2D eigenvalue weighted by Crippen LogP contribution is -2.20. The number of primary amides is 1. The Morgan fingerprint density at radius 1 is 1.57 bits per heavy atom. The van der Waals surface area contributed by atoms with E-state index in [0.29, 0.717) is 11.1 Å². The van der Waals surface area contributed by atoms with Gasteiger partial charge in [0.05, 0.1) is 0 Å². The number of carbonyl (C=O) groups is 1. The molecule has 1 aromatic rings. The van der Waals surface area contributed by atoms with Gasteiger partial charge in [0.15, 0.2) is 0 Å². The van der Waals surface area contributed by atoms with E-state index >= 15 is 0 Å². The minimum atomic E-state index is -0.525. The SMILES string of the molecule is Cc1ccc(C(N)CC(N)=O)cc1F. The maximum absolute atomic E-state index is 13.1. The van der Waals surface area contributed by atoms with Crippen LogP contribution in [0.1, 0.15) is 23.6 Å². The van der Waals surface area contributed by atoms with Crippen molar-refractivity contribution in [3.8, 4) is 0 Å². The highest BCUT2D eigenvalue weighted by molar-refractivity contribution is 5.74. The molecule has 0 bridgehead atoms. The second kappa shape index (κ2) is 4.19. The summed E-state index contributed by atoms with van der Waals surface area (Å²) >= 11 is 0. The van der Waals surface area contributed by atoms with Crippen molar-refractivity contribution < 1.29 is 9.18 Å². The third kappa shape index (κ3) is 2.53. The maximum Gasteiger partial charge on any atom is 0.219 e. The fourth-order valence-electron chi connectivity index (χ4n) is 1.17. The van der Waals surface area contributed by atoms with Crippen LogP contribution >= 0.6 is 0 Å². The fraction of sp³-hybridized carbons (Fsp3) is 0.300. The minimum absolute atomic E-state index is 0.0303. The first-order valence-corrected chi connectivity index (χ1v) is 4.30. The molecule has 0 saturated heterocycles. The van der Waals surface area contributed by atoms with Crippen molar-refractivity contribution in [2.75, 3.05) is 0 Å². The summed E-state index contributed by atoms with van der Waals surface area (Å²) in [5.41, 5.74) is 11.8. The van der Waals surface area contributed by atoms with Crippen molar-refractivity contribution in [3.63, 3.8) is 0 Å². The number of hydrogen-bond acceptors (Lipinski definition) is 2. The molecule has 0 fully saturated rings. The van der Waals surface area contributed by atoms with Gasteiger partial charge in [0.1, 0.15) is 5.82 Å². The van der Waals surface area contributed by atoms with Crippen LogP contribution in [0, 0.1) is 12.7 Å². The number of nitrogens with two attached hydrogens (primary N) is 2. The second-order valence-corrected chi connectivity index (χ2v) is 3.29. The molecule has 76 valence electrons. The van der Waals surface area contributed by atoms with Gasteiger partial charge in [-0.2, -0.15) is 0 Å². The van der Waals surface area contributed by atoms with Gasteiger partial charge in [-0.1, -0.05) is 12.1 Å². The minimum Gasteiger partial charge on any atom is -0.370 e. The Morgan fingerprint density at radius 3 is 2.71 bits per heavy atom. The van der Waals surface area contributed by atoms with E-state index in [9.17, 15) is 9.18 Å². The zero-order valence-electron chi connectivity index (χ0n) is 7.96. The first-order chi connectivity index (χ1) is 6.50. The summed E-state index contributed by atoms with van der Waals surface area (Å²) in [5, 5.41) is 0. The lowest BCUT2D eigenvalue weighted by molar-refractivity contribution is -0.118. The third-order valence-electron chi connectivity index (χ3n) is 2.05. The van der Waals surface area contributed by atoms with Gasteiger partial charge in [0, 0.05) is 12.5 Å². The third-order valence-corrected chi connectivity index (χ3v) is 2.05. The molecule has 0 heterocycles. The Balaban J connectivity index is 2.85. The summed E-state index contributed by atoms with van der Waals surface area (Å²) in [6.07, 6.45) is 0.0303. The Hall–Kier alpha value is -1.42. The van der Waals surface area contributed by atoms with Gasteiger partial charge in [0.25, 0.3) is 0 Å². The Bertz CT molecular complexity index is 352. The molecule has 1 unspecified atom stereocenters. The van der Waals surface area contributed by atoms with Crippen LogP contribution in [0.15, 0.2) is 18.2 Å². The Morgan fingerprint density at radius 2 is 2.21 bits per heavy atom. The van der Waals surface area contributed by atoms with Crippen molar-refractivity contribution in [2.24, 2.45) is 11.5 Å². The van der Waals surface area contributed by atoms with Crippen LogP contribution in [0.4, 0.5) is 4.39 Å². The molecule has 4 N–H and O–H groups in total. The van der Waals surface area contributed by atoms with Gasteiger partial charge < -0.3 is 11.5 Å². The van der Waals surface area contributed by atoms with E-state index in [1.54, 1.807) is 19.1 Å². The van der Waals surface area contributed by atoms with Crippen LogP contribution in [-0.2, 0) is 4.79 Å². The number of hydrogen-bond donors (Lipinski definition) is 2. The molecule has 0 aromatic heterocycles. The predicted octanol–water partition coefficient (Wildman–Crippen LogP) is 1.01. The van der Waals surface area contributed by atoms with Gasteiger partial charge in [-0.3, -0.25) is 4.79 Å². The standard InChI is InChI=1S/C10H13FN2O/c1-6-2-3-7(4-8(6)11)9(12)5-10(13)14/h2-4,9H,5,12H2,1H3,(H2,13,14). The summed E-state index contributed by atoms with van der Waals surface area (Å²) < 4.78 is 13.1. The van der Waals surface area contributed by atoms with Crippen LogP contribution in [0.25, 0.3) is 0 Å². The highest BCUT2D eigenvalue weighted by atomic mass is 19.1. The second-order valence-electron chi connectivity index (χ2n) is 3.29. The van der Waals surface area contributed by atoms with Crippen LogP contribution in [-0.4, -0.2) is 5.91 Å². The first kappa shape index (κ1) is 10.7. The van der Waals surface area contributed by atoms with Gasteiger partial charge >= 0.3 is 0 Å². The number of carbonyl (C=O) groups excluding carboxylic acids is 1. The molecule has 0 aliphatic carbocycles. The predicted molar refractivity (Wildman–Crippen MR) is 51.9 cm³/mol. The summed E-state index contributed by atoms with van der Waals surface area (Å²) in [4.78, 5) is 10.6. The van der Waals surface area contributed by atoms with E-state index in [0.717, 1.165) is 0 Å². The van der Waals surface area contributed by atoms with Crippen molar-refractivity contribution in [1.29, 1.82) is 0 Å². The molecule has 0 spiro atoms. The fourth-order valence-corrected chi connectivity index (χ4v) is 1.17. The molecule has 0 aliphatic heterocycles. The zero-order valence-corrected chi connectivity index (χ0v) is 7.96. The van der Waals surface area contributed by atoms with E-state index in [2.05, 4.69) is 0 Å². The normalized spacial score (nSPS) is 12.5. The van der Waals surface area contributed by atoms with E-state index in [1.807, 2.05) is 0 Å². The first-order valence-electron chi connectivity index (χ1n) is 4.30. The molecule has 0 saturated carbocycles. The molecule has 1 amide bonds. The van der Waals surface area contributed by atoms with E-state index in [4.69, 9.17) is 11.5 Å². The molecular weight excluding hydrogens is 183 g/mol. The monoisotopic (exact) mass is 196 g/mol. The Kier molecular flexibility index (Phi) is 3.19. The van der Waals surface area contributed by atoms with E-state index in [1.165, 1.54) is 6.07 Å². The van der Waals surface area contributed by atoms with Crippen molar-refractivity contribution in [2.45, 2.75) is 19.4 Å². The zero-order chi connectivity index (χ0) is 10.7. The lowest BCUT2D eigenvalue weighted by atomic mass is 10.0. The smallest absolute Gasteiger partial charge is 0.219 e. The average Bonchev–Trinajstić information content (AvgIpc) is 2.08. The van der Waals surface area contributed by atoms with E-state index < -0.39 is 11.9 Å². The van der Waals surface area contributed by atoms with Gasteiger partial charge in [-0.05, 0) is 24.1 Å². The maximum atomic E-state index is 13.1. The molecule has 1 atom stereocenters. The number of halogens is 1. The largest absolute Gasteiger partial charge is 0.370 e. The highest BCUT2D eigenvalue weighted by Crippen LogP contribution is 2.16. The van der Waals surface area contributed by atoms with Gasteiger partial charge in [-0.25, -0.2) is 4.39 Å². The van der Waals surface area contributed by atoms with Crippen LogP contribution in [0.3, 0.4) is 0 Å². The quantitative estimate of drug-likeness (QED) is 0.757. The van der Waals surface area contributed by atoms with Crippen molar-refractivity contribution in [3.05, 3.63) is 35.1 Å². The topological polar surface area (TPSA) is 69.1 Å². The van der Waals surface area contributed by atoms with E-state index in [-0.39, 0.29) is 12.2 Å². The molecule has 14 heavy (non-hydrogen) atoms. The summed E-state index contributed by atoms with van der Waals surface area (Å²) in [6.45, 7) is 1.67. The number of benzene rings is 1. The molecule has 3 nitrogen and oxygen atoms in total. The summed E-state index contributed by atoms with van der Waals surface area (Å²) in [5.74, 6) is -0.805.